The van der Waals surface area contributed by atoms with Gasteiger partial charge in [0, 0.05) is 5.69 Å². The lowest BCUT2D eigenvalue weighted by Gasteiger charge is -2.13. The third-order valence-electron chi connectivity index (χ3n) is 3.88. The fourth-order valence-corrected chi connectivity index (χ4v) is 2.65. The Labute approximate surface area is 146 Å². The summed E-state index contributed by atoms with van der Waals surface area (Å²) in [6.45, 7) is 3.92. The first-order chi connectivity index (χ1) is 12.1. The number of nitrogens with one attached hydrogen (secondary N) is 1. The minimum Gasteiger partial charge on any atom is -0.462 e. The quantitative estimate of drug-likeness (QED) is 0.846. The van der Waals surface area contributed by atoms with E-state index in [-0.39, 0.29) is 17.9 Å². The molecule has 0 saturated heterocycles. The van der Waals surface area contributed by atoms with E-state index in [4.69, 9.17) is 9.47 Å². The van der Waals surface area contributed by atoms with Crippen LogP contribution in [0.15, 0.2) is 65.9 Å². The van der Waals surface area contributed by atoms with Crippen molar-refractivity contribution in [3.8, 4) is 0 Å². The van der Waals surface area contributed by atoms with Gasteiger partial charge in [0.05, 0.1) is 6.61 Å². The zero-order valence-electron chi connectivity index (χ0n) is 14.1. The molecule has 0 saturated carbocycles. The summed E-state index contributed by atoms with van der Waals surface area (Å²) in [5, 5.41) is 3.01. The third kappa shape index (κ3) is 3.55. The lowest BCUT2D eigenvalue weighted by molar-refractivity contribution is -0.142. The Kier molecular flexibility index (Phi) is 4.84. The Morgan fingerprint density at radius 3 is 2.44 bits per heavy atom. The molecule has 3 rings (SSSR count). The van der Waals surface area contributed by atoms with Crippen molar-refractivity contribution in [3.63, 3.8) is 0 Å². The van der Waals surface area contributed by atoms with E-state index in [0.717, 1.165) is 11.1 Å². The van der Waals surface area contributed by atoms with E-state index in [9.17, 15) is 9.59 Å². The molecule has 0 radical (unpaired) electrons. The first-order valence-corrected chi connectivity index (χ1v) is 8.11. The van der Waals surface area contributed by atoms with Crippen LogP contribution in [0.3, 0.4) is 0 Å². The number of benzene rings is 2. The molecule has 128 valence electrons. The Balaban J connectivity index is 2.01. The molecule has 1 unspecified atom stereocenters. The van der Waals surface area contributed by atoms with Crippen LogP contribution in [0.5, 0.6) is 0 Å². The molecular weight excluding hydrogens is 318 g/mol. The Hall–Kier alpha value is -3.08. The number of carbonyl (C=O) groups is 2. The summed E-state index contributed by atoms with van der Waals surface area (Å²) in [4.78, 5) is 24.9. The molecule has 0 aromatic heterocycles. The molecule has 1 aliphatic rings. The Morgan fingerprint density at radius 1 is 1.12 bits per heavy atom. The molecule has 5 nitrogen and oxygen atoms in total. The summed E-state index contributed by atoms with van der Waals surface area (Å²) in [5.41, 5.74) is 2.84. The van der Waals surface area contributed by atoms with Crippen molar-refractivity contribution >= 4 is 17.6 Å². The monoisotopic (exact) mass is 337 g/mol. The van der Waals surface area contributed by atoms with E-state index >= 15 is 0 Å². The van der Waals surface area contributed by atoms with Gasteiger partial charge in [0.15, 0.2) is 6.10 Å². The van der Waals surface area contributed by atoms with Gasteiger partial charge in [-0.2, -0.15) is 0 Å². The van der Waals surface area contributed by atoms with Crippen LogP contribution in [-0.4, -0.2) is 18.5 Å². The summed E-state index contributed by atoms with van der Waals surface area (Å²) in [6, 6.07) is 16.7. The molecule has 25 heavy (non-hydrogen) atoms. The normalized spacial score (nSPS) is 16.6. The zero-order valence-corrected chi connectivity index (χ0v) is 14.1. The van der Waals surface area contributed by atoms with Gasteiger partial charge in [-0.15, -0.1) is 0 Å². The number of ether oxygens (including phenoxy) is 2. The lowest BCUT2D eigenvalue weighted by Crippen LogP contribution is -2.16. The van der Waals surface area contributed by atoms with Crippen LogP contribution < -0.4 is 5.32 Å². The largest absolute Gasteiger partial charge is 0.462 e. The van der Waals surface area contributed by atoms with Gasteiger partial charge in [0.2, 0.25) is 0 Å². The minimum atomic E-state index is -0.777. The maximum atomic E-state index is 12.5. The minimum absolute atomic E-state index is 0.121. The van der Waals surface area contributed by atoms with Crippen molar-refractivity contribution in [3.05, 3.63) is 77.0 Å². The van der Waals surface area contributed by atoms with Gasteiger partial charge >= 0.3 is 11.9 Å². The second kappa shape index (κ2) is 7.21. The number of hydrogen-bond acceptors (Lipinski definition) is 5. The van der Waals surface area contributed by atoms with E-state index in [1.54, 1.807) is 6.92 Å². The van der Waals surface area contributed by atoms with Gasteiger partial charge in [-0.1, -0.05) is 48.0 Å². The molecule has 2 aromatic carbocycles. The summed E-state index contributed by atoms with van der Waals surface area (Å²) in [6.07, 6.45) is -0.777. The molecule has 0 fully saturated rings. The standard InChI is InChI=1S/C20H19NO4/c1-3-24-19(22)16-17(21-15-11-9-13(2)10-12-15)20(23)25-18(16)14-7-5-4-6-8-14/h4-12,18,21H,3H2,1-2H3. The van der Waals surface area contributed by atoms with Crippen LogP contribution in [0.25, 0.3) is 0 Å². The second-order valence-corrected chi connectivity index (χ2v) is 5.70. The molecular formula is C20H19NO4. The molecule has 5 heteroatoms. The van der Waals surface area contributed by atoms with E-state index in [1.807, 2.05) is 61.5 Å². The molecule has 0 amide bonds. The number of rotatable bonds is 5. The second-order valence-electron chi connectivity index (χ2n) is 5.70. The van der Waals surface area contributed by atoms with Crippen molar-refractivity contribution in [2.24, 2.45) is 0 Å². The van der Waals surface area contributed by atoms with Gasteiger partial charge in [-0.3, -0.25) is 0 Å². The highest BCUT2D eigenvalue weighted by molar-refractivity contribution is 6.06. The number of cyclic esters (lactones) is 1. The van der Waals surface area contributed by atoms with Crippen molar-refractivity contribution in [1.29, 1.82) is 0 Å². The molecule has 1 atom stereocenters. The number of aryl methyl sites for hydroxylation is 1. The van der Waals surface area contributed by atoms with Gasteiger partial charge in [0.25, 0.3) is 0 Å². The zero-order chi connectivity index (χ0) is 17.8. The first kappa shape index (κ1) is 16.8. The SMILES string of the molecule is CCOC(=O)C1=C(Nc2ccc(C)cc2)C(=O)OC1c1ccccc1. The molecule has 0 spiro atoms. The topological polar surface area (TPSA) is 64.6 Å². The van der Waals surface area contributed by atoms with Crippen molar-refractivity contribution in [1.82, 2.24) is 0 Å². The highest BCUT2D eigenvalue weighted by Crippen LogP contribution is 2.36. The Bertz CT molecular complexity index is 809. The van der Waals surface area contributed by atoms with Gasteiger partial charge in [0.1, 0.15) is 11.3 Å². The Morgan fingerprint density at radius 2 is 1.80 bits per heavy atom. The summed E-state index contributed by atoms with van der Waals surface area (Å²) in [7, 11) is 0. The van der Waals surface area contributed by atoms with E-state index < -0.39 is 18.0 Å². The number of carbonyl (C=O) groups excluding carboxylic acids is 2. The molecule has 1 heterocycles. The number of esters is 2. The van der Waals surface area contributed by atoms with Crippen molar-refractivity contribution < 1.29 is 19.1 Å². The average molecular weight is 337 g/mol. The van der Waals surface area contributed by atoms with Crippen molar-refractivity contribution in [2.45, 2.75) is 20.0 Å². The maximum Gasteiger partial charge on any atom is 0.356 e. The molecule has 1 aliphatic heterocycles. The average Bonchev–Trinajstić information content (AvgIpc) is 2.94. The fourth-order valence-electron chi connectivity index (χ4n) is 2.65. The molecule has 0 bridgehead atoms. The highest BCUT2D eigenvalue weighted by atomic mass is 16.6. The van der Waals surface area contributed by atoms with Crippen molar-refractivity contribution in [2.75, 3.05) is 11.9 Å². The van der Waals surface area contributed by atoms with Gasteiger partial charge in [-0.25, -0.2) is 9.59 Å². The predicted octanol–water partition coefficient (Wildman–Crippen LogP) is 3.52. The third-order valence-corrected chi connectivity index (χ3v) is 3.88. The highest BCUT2D eigenvalue weighted by Gasteiger charge is 2.40. The predicted molar refractivity (Wildman–Crippen MR) is 93.7 cm³/mol. The fraction of sp³-hybridized carbons (Fsp3) is 0.200. The van der Waals surface area contributed by atoms with Crippen LogP contribution in [0.2, 0.25) is 0 Å². The van der Waals surface area contributed by atoms with Gasteiger partial charge < -0.3 is 14.8 Å². The van der Waals surface area contributed by atoms with Crippen LogP contribution in [0.1, 0.15) is 24.2 Å². The van der Waals surface area contributed by atoms with Gasteiger partial charge in [-0.05, 0) is 31.5 Å². The number of hydrogen-bond donors (Lipinski definition) is 1. The summed E-state index contributed by atoms with van der Waals surface area (Å²) >= 11 is 0. The molecule has 0 aliphatic carbocycles. The van der Waals surface area contributed by atoms with Crippen LogP contribution in [0, 0.1) is 6.92 Å². The summed E-state index contributed by atoms with van der Waals surface area (Å²) < 4.78 is 10.6. The van der Waals surface area contributed by atoms with E-state index in [1.165, 1.54) is 0 Å². The van der Waals surface area contributed by atoms with Crippen LogP contribution >= 0.6 is 0 Å². The summed E-state index contributed by atoms with van der Waals surface area (Å²) in [5.74, 6) is -1.13. The smallest absolute Gasteiger partial charge is 0.356 e. The van der Waals surface area contributed by atoms with E-state index in [0.29, 0.717) is 5.69 Å². The first-order valence-electron chi connectivity index (χ1n) is 8.11. The van der Waals surface area contributed by atoms with E-state index in [2.05, 4.69) is 5.32 Å². The number of anilines is 1. The molecule has 2 aromatic rings. The van der Waals surface area contributed by atoms with Crippen LogP contribution in [0.4, 0.5) is 5.69 Å². The maximum absolute atomic E-state index is 12.5. The van der Waals surface area contributed by atoms with Crippen LogP contribution in [-0.2, 0) is 19.1 Å². The lowest BCUT2D eigenvalue weighted by atomic mass is 10.0. The molecule has 1 N–H and O–H groups in total.